The lowest BCUT2D eigenvalue weighted by Crippen LogP contribution is -2.14. The van der Waals surface area contributed by atoms with Crippen LogP contribution in [-0.4, -0.2) is 24.6 Å². The van der Waals surface area contributed by atoms with Crippen LogP contribution in [0.1, 0.15) is 90.9 Å². The van der Waals surface area contributed by atoms with E-state index < -0.39 is 0 Å². The van der Waals surface area contributed by atoms with E-state index in [9.17, 15) is 14.4 Å². The largest absolute Gasteiger partial charge is 0.469 e. The Morgan fingerprint density at radius 2 is 1.26 bits per heavy atom. The molecule has 4 nitrogen and oxygen atoms in total. The summed E-state index contributed by atoms with van der Waals surface area (Å²) in [4.78, 5) is 33.5. The first-order valence-corrected chi connectivity index (χ1v) is 9.04. The van der Waals surface area contributed by atoms with Gasteiger partial charge in [-0.25, -0.2) is 0 Å². The molecule has 0 fully saturated rings. The van der Waals surface area contributed by atoms with Gasteiger partial charge in [-0.15, -0.1) is 0 Å². The minimum atomic E-state index is -0.112. The smallest absolute Gasteiger partial charge is 0.305 e. The van der Waals surface area contributed by atoms with E-state index in [2.05, 4.69) is 4.74 Å². The minimum absolute atomic E-state index is 0.0673. The number of carbonyl (C=O) groups excluding carboxylic acids is 3. The molecular formula is C19H34O4. The van der Waals surface area contributed by atoms with Crippen LogP contribution in [-0.2, 0) is 19.1 Å². The molecule has 0 aliphatic carbocycles. The number of rotatable bonds is 15. The van der Waals surface area contributed by atoms with Gasteiger partial charge in [-0.3, -0.25) is 9.59 Å². The van der Waals surface area contributed by atoms with Gasteiger partial charge < -0.3 is 9.53 Å². The van der Waals surface area contributed by atoms with Crippen molar-refractivity contribution in [1.29, 1.82) is 0 Å². The second-order valence-corrected chi connectivity index (χ2v) is 6.51. The molecule has 0 heterocycles. The molecule has 1 atom stereocenters. The van der Waals surface area contributed by atoms with Gasteiger partial charge in [-0.05, 0) is 26.7 Å². The van der Waals surface area contributed by atoms with Crippen LogP contribution < -0.4 is 0 Å². The summed E-state index contributed by atoms with van der Waals surface area (Å²) in [6.07, 6.45) is 12.1. The van der Waals surface area contributed by atoms with Gasteiger partial charge >= 0.3 is 5.97 Å². The maximum Gasteiger partial charge on any atom is 0.305 e. The third-order valence-corrected chi connectivity index (χ3v) is 4.27. The Bertz CT molecular complexity index is 349. The maximum absolute atomic E-state index is 11.5. The van der Waals surface area contributed by atoms with Crippen molar-refractivity contribution in [3.8, 4) is 0 Å². The van der Waals surface area contributed by atoms with Gasteiger partial charge in [0.2, 0.25) is 0 Å². The van der Waals surface area contributed by atoms with E-state index in [1.165, 1.54) is 39.2 Å². The zero-order chi connectivity index (χ0) is 17.5. The molecule has 0 rings (SSSR count). The van der Waals surface area contributed by atoms with Crippen molar-refractivity contribution in [2.24, 2.45) is 5.92 Å². The molecule has 0 saturated heterocycles. The molecule has 0 saturated carbocycles. The quantitative estimate of drug-likeness (QED) is 0.325. The van der Waals surface area contributed by atoms with Crippen LogP contribution >= 0.6 is 0 Å². The zero-order valence-electron chi connectivity index (χ0n) is 15.2. The highest BCUT2D eigenvalue weighted by atomic mass is 16.5. The number of hydrogen-bond donors (Lipinski definition) is 0. The van der Waals surface area contributed by atoms with Crippen molar-refractivity contribution in [3.63, 3.8) is 0 Å². The SMILES string of the molecule is COC(=O)CCCCCCCCCCCC(CC(C)=O)C(C)=O. The normalized spacial score (nSPS) is 12.0. The Hall–Kier alpha value is -1.19. The number of carbonyl (C=O) groups is 3. The summed E-state index contributed by atoms with van der Waals surface area (Å²) in [6.45, 7) is 3.15. The number of esters is 1. The van der Waals surface area contributed by atoms with Crippen molar-refractivity contribution < 1.29 is 19.1 Å². The van der Waals surface area contributed by atoms with Crippen LogP contribution in [0.3, 0.4) is 0 Å². The molecule has 0 aliphatic heterocycles. The van der Waals surface area contributed by atoms with Gasteiger partial charge in [-0.1, -0.05) is 51.4 Å². The van der Waals surface area contributed by atoms with Gasteiger partial charge in [0.15, 0.2) is 0 Å². The molecule has 23 heavy (non-hydrogen) atoms. The van der Waals surface area contributed by atoms with Crippen LogP contribution in [0.15, 0.2) is 0 Å². The van der Waals surface area contributed by atoms with Crippen molar-refractivity contribution in [1.82, 2.24) is 0 Å². The Balaban J connectivity index is 3.40. The van der Waals surface area contributed by atoms with Gasteiger partial charge in [0.05, 0.1) is 7.11 Å². The fraction of sp³-hybridized carbons (Fsp3) is 0.842. The number of hydrogen-bond acceptors (Lipinski definition) is 4. The van der Waals surface area contributed by atoms with Gasteiger partial charge in [0.1, 0.15) is 11.6 Å². The van der Waals surface area contributed by atoms with Crippen LogP contribution in [0, 0.1) is 5.92 Å². The minimum Gasteiger partial charge on any atom is -0.469 e. The summed E-state index contributed by atoms with van der Waals surface area (Å²) in [6, 6.07) is 0. The molecule has 0 bridgehead atoms. The Kier molecular flexibility index (Phi) is 13.7. The van der Waals surface area contributed by atoms with E-state index in [0.29, 0.717) is 12.8 Å². The van der Waals surface area contributed by atoms with Crippen LogP contribution in [0.5, 0.6) is 0 Å². The summed E-state index contributed by atoms with van der Waals surface area (Å²) in [5, 5.41) is 0. The maximum atomic E-state index is 11.5. The molecule has 0 N–H and O–H groups in total. The van der Waals surface area contributed by atoms with Crippen molar-refractivity contribution in [2.45, 2.75) is 90.9 Å². The number of Topliss-reactive ketones (excluding diaryl/α,β-unsaturated/α-hetero) is 2. The van der Waals surface area contributed by atoms with Crippen molar-refractivity contribution in [2.75, 3.05) is 7.11 Å². The monoisotopic (exact) mass is 326 g/mol. The van der Waals surface area contributed by atoms with E-state index >= 15 is 0 Å². The highest BCUT2D eigenvalue weighted by Crippen LogP contribution is 2.17. The molecule has 0 aromatic rings. The van der Waals surface area contributed by atoms with E-state index in [1.54, 1.807) is 13.8 Å². The molecule has 1 unspecified atom stereocenters. The fourth-order valence-corrected chi connectivity index (χ4v) is 2.80. The topological polar surface area (TPSA) is 60.4 Å². The van der Waals surface area contributed by atoms with Crippen LogP contribution in [0.25, 0.3) is 0 Å². The molecule has 0 amide bonds. The Morgan fingerprint density at radius 3 is 1.70 bits per heavy atom. The van der Waals surface area contributed by atoms with Gasteiger partial charge in [0, 0.05) is 18.8 Å². The summed E-state index contributed by atoms with van der Waals surface area (Å²) < 4.78 is 4.61. The molecule has 4 heteroatoms. The molecule has 134 valence electrons. The third kappa shape index (κ3) is 14.2. The lowest BCUT2D eigenvalue weighted by molar-refractivity contribution is -0.140. The van der Waals surface area contributed by atoms with Crippen LogP contribution in [0.4, 0.5) is 0 Å². The highest BCUT2D eigenvalue weighted by Gasteiger charge is 2.15. The first-order valence-electron chi connectivity index (χ1n) is 9.04. The van der Waals surface area contributed by atoms with E-state index in [0.717, 1.165) is 32.1 Å². The predicted molar refractivity (Wildman–Crippen MR) is 92.3 cm³/mol. The molecule has 0 radical (unpaired) electrons. The lowest BCUT2D eigenvalue weighted by Gasteiger charge is -2.11. The van der Waals surface area contributed by atoms with Gasteiger partial charge in [0.25, 0.3) is 0 Å². The first-order chi connectivity index (χ1) is 11.0. The summed E-state index contributed by atoms with van der Waals surface area (Å²) in [5.74, 6) is 0.0745. The summed E-state index contributed by atoms with van der Waals surface area (Å²) >= 11 is 0. The average molecular weight is 326 g/mol. The average Bonchev–Trinajstić information content (AvgIpc) is 2.50. The summed E-state index contributed by atoms with van der Waals surface area (Å²) in [5.41, 5.74) is 0. The molecule has 0 aromatic heterocycles. The molecule has 0 aromatic carbocycles. The Morgan fingerprint density at radius 1 is 0.783 bits per heavy atom. The summed E-state index contributed by atoms with van der Waals surface area (Å²) in [7, 11) is 1.43. The van der Waals surface area contributed by atoms with E-state index in [1.807, 2.05) is 0 Å². The molecule has 0 aliphatic rings. The second kappa shape index (κ2) is 14.4. The number of methoxy groups -OCH3 is 1. The molecule has 0 spiro atoms. The van der Waals surface area contributed by atoms with Crippen molar-refractivity contribution in [3.05, 3.63) is 0 Å². The van der Waals surface area contributed by atoms with Crippen molar-refractivity contribution >= 4 is 17.5 Å². The number of unbranched alkanes of at least 4 members (excludes halogenated alkanes) is 8. The second-order valence-electron chi connectivity index (χ2n) is 6.51. The lowest BCUT2D eigenvalue weighted by atomic mass is 9.92. The number of ether oxygens (including phenoxy) is 1. The number of ketones is 2. The first kappa shape index (κ1) is 21.8. The van der Waals surface area contributed by atoms with E-state index in [-0.39, 0.29) is 23.5 Å². The fourth-order valence-electron chi connectivity index (χ4n) is 2.80. The van der Waals surface area contributed by atoms with Crippen LogP contribution in [0.2, 0.25) is 0 Å². The Labute approximate surface area is 141 Å². The zero-order valence-corrected chi connectivity index (χ0v) is 15.2. The third-order valence-electron chi connectivity index (χ3n) is 4.27. The van der Waals surface area contributed by atoms with Gasteiger partial charge in [-0.2, -0.15) is 0 Å². The van der Waals surface area contributed by atoms with E-state index in [4.69, 9.17) is 0 Å². The standard InChI is InChI=1S/C19H34O4/c1-16(20)15-18(17(2)21)13-11-9-7-5-4-6-8-10-12-14-19(22)23-3/h18H,4-15H2,1-3H3. The molecular weight excluding hydrogens is 292 g/mol. The predicted octanol–water partition coefficient (Wildman–Crippen LogP) is 4.63. The highest BCUT2D eigenvalue weighted by molar-refractivity contribution is 5.85.